The van der Waals surface area contributed by atoms with E-state index in [0.717, 1.165) is 22.3 Å². The number of urea groups is 4. The van der Waals surface area contributed by atoms with E-state index in [1.807, 2.05) is 12.1 Å². The van der Waals surface area contributed by atoms with Gasteiger partial charge in [-0.1, -0.05) is 12.1 Å². The molecule has 14 N–H and O–H groups in total. The van der Waals surface area contributed by atoms with Crippen molar-refractivity contribution in [2.45, 2.75) is 13.8 Å². The number of carbonyl (C=O) groups excluding carboxylic acids is 4. The summed E-state index contributed by atoms with van der Waals surface area (Å²) < 4.78 is 0. The molecule has 44 heavy (non-hydrogen) atoms. The Morgan fingerprint density at radius 2 is 0.864 bits per heavy atom. The number of hydrogen-bond donors (Lipinski definition) is 10. The average Bonchev–Trinajstić information content (AvgIpc) is 2.89. The van der Waals surface area contributed by atoms with Gasteiger partial charge in [0, 0.05) is 11.4 Å². The van der Waals surface area contributed by atoms with Gasteiger partial charge in [0.05, 0.1) is 0 Å². The van der Waals surface area contributed by atoms with Crippen LogP contribution in [-0.4, -0.2) is 54.0 Å². The molecular weight excluding hydrogens is 576 g/mol. The van der Waals surface area contributed by atoms with Crippen molar-refractivity contribution >= 4 is 71.2 Å². The molecule has 0 bridgehead atoms. The van der Waals surface area contributed by atoms with Gasteiger partial charge < -0.3 is 33.6 Å². The van der Waals surface area contributed by atoms with E-state index in [-0.39, 0.29) is 35.7 Å². The molecule has 0 aliphatic carbocycles. The van der Waals surface area contributed by atoms with E-state index in [0.29, 0.717) is 11.4 Å². The number of nitrogen functional groups attached to an aromatic ring is 2. The third-order valence-corrected chi connectivity index (χ3v) is 5.51. The average molecular weight is 603 g/mol. The van der Waals surface area contributed by atoms with Gasteiger partial charge in [-0.2, -0.15) is 29.9 Å². The summed E-state index contributed by atoms with van der Waals surface area (Å²) in [5, 5.41) is 14.5. The lowest BCUT2D eigenvalue weighted by molar-refractivity contribution is 0.258. The molecule has 20 nitrogen and oxygen atoms in total. The van der Waals surface area contributed by atoms with Gasteiger partial charge in [-0.25, -0.2) is 19.2 Å². The van der Waals surface area contributed by atoms with Crippen molar-refractivity contribution < 1.29 is 19.2 Å². The number of benzene rings is 2. The van der Waals surface area contributed by atoms with Gasteiger partial charge in [0.1, 0.15) is 0 Å². The molecule has 8 amide bonds. The van der Waals surface area contributed by atoms with E-state index in [9.17, 15) is 19.2 Å². The largest absolute Gasteiger partial charge is 0.368 e. The van der Waals surface area contributed by atoms with Crippen LogP contribution in [0.2, 0.25) is 0 Å². The molecule has 2 aromatic carbocycles. The van der Waals surface area contributed by atoms with Crippen LogP contribution in [0.1, 0.15) is 11.1 Å². The Labute approximate surface area is 247 Å². The zero-order valence-corrected chi connectivity index (χ0v) is 23.1. The van der Waals surface area contributed by atoms with Gasteiger partial charge >= 0.3 is 24.1 Å². The summed E-state index contributed by atoms with van der Waals surface area (Å²) in [4.78, 5) is 69.8. The maximum atomic E-state index is 12.5. The molecule has 2 aromatic heterocycles. The normalized spacial score (nSPS) is 10.3. The first-order valence-electron chi connectivity index (χ1n) is 12.4. The summed E-state index contributed by atoms with van der Waals surface area (Å²) in [6.07, 6.45) is 0. The van der Waals surface area contributed by atoms with E-state index in [4.69, 9.17) is 22.9 Å². The lowest BCUT2D eigenvalue weighted by atomic mass is 10.00. The minimum atomic E-state index is -0.911. The molecule has 4 aromatic rings. The lowest BCUT2D eigenvalue weighted by Gasteiger charge is -2.13. The SMILES string of the molecule is Cc1cc(-c2ccc(NC(=O)Nc3nc(N)nc(NC(N)=O)n3)c(C)c2)ccc1NC(=O)Nc1nc(N)nc(NC(N)=O)n1. The van der Waals surface area contributed by atoms with Gasteiger partial charge in [-0.3, -0.25) is 21.3 Å². The van der Waals surface area contributed by atoms with Crippen molar-refractivity contribution in [2.75, 3.05) is 43.4 Å². The van der Waals surface area contributed by atoms with Gasteiger partial charge in [-0.05, 0) is 60.4 Å². The molecule has 0 fully saturated rings. The number of aryl methyl sites for hydroxylation is 2. The first-order valence-corrected chi connectivity index (χ1v) is 12.4. The molecule has 0 saturated heterocycles. The van der Waals surface area contributed by atoms with Gasteiger partial charge in [-0.15, -0.1) is 0 Å². The van der Waals surface area contributed by atoms with E-state index in [1.54, 1.807) is 38.1 Å². The Balaban J connectivity index is 1.40. The number of hydrogen-bond acceptors (Lipinski definition) is 12. The summed E-state index contributed by atoms with van der Waals surface area (Å²) in [5.41, 5.74) is 25.4. The fourth-order valence-corrected chi connectivity index (χ4v) is 3.71. The van der Waals surface area contributed by atoms with Crippen LogP contribution in [0.4, 0.5) is 66.2 Å². The number of rotatable bonds is 7. The maximum Gasteiger partial charge on any atom is 0.326 e. The Hall–Kier alpha value is -6.86. The Bertz CT molecular complexity index is 1650. The topological polar surface area (TPSA) is 322 Å². The monoisotopic (exact) mass is 602 g/mol. The number of anilines is 8. The van der Waals surface area contributed by atoms with Gasteiger partial charge in [0.15, 0.2) is 0 Å². The summed E-state index contributed by atoms with van der Waals surface area (Å²) in [6, 6.07) is 7.60. The Morgan fingerprint density at radius 3 is 1.18 bits per heavy atom. The van der Waals surface area contributed by atoms with Gasteiger partial charge in [0.25, 0.3) is 0 Å². The molecule has 2 heterocycles. The quantitative estimate of drug-likeness (QED) is 0.145. The predicted molar refractivity (Wildman–Crippen MR) is 162 cm³/mol. The number of nitrogens with one attached hydrogen (secondary N) is 6. The summed E-state index contributed by atoms with van der Waals surface area (Å²) in [7, 11) is 0. The maximum absolute atomic E-state index is 12.5. The molecule has 0 saturated carbocycles. The number of aromatic nitrogens is 6. The number of carbonyl (C=O) groups is 4. The molecule has 4 rings (SSSR count). The molecule has 0 atom stereocenters. The van der Waals surface area contributed by atoms with Crippen molar-refractivity contribution in [3.63, 3.8) is 0 Å². The summed E-state index contributed by atoms with van der Waals surface area (Å²) >= 11 is 0. The zero-order valence-electron chi connectivity index (χ0n) is 23.1. The van der Waals surface area contributed by atoms with E-state index in [1.165, 1.54) is 0 Å². The Kier molecular flexibility index (Phi) is 8.73. The number of nitrogens with zero attached hydrogens (tertiary/aromatic N) is 6. The lowest BCUT2D eigenvalue weighted by Crippen LogP contribution is -2.24. The van der Waals surface area contributed by atoms with Crippen LogP contribution in [0.15, 0.2) is 36.4 Å². The predicted octanol–water partition coefficient (Wildman–Crippen LogP) is 1.77. The number of amides is 8. The van der Waals surface area contributed by atoms with Crippen molar-refractivity contribution in [3.05, 3.63) is 47.5 Å². The summed E-state index contributed by atoms with van der Waals surface area (Å²) in [5.74, 6) is -1.32. The van der Waals surface area contributed by atoms with Gasteiger partial charge in [0.2, 0.25) is 35.7 Å². The smallest absolute Gasteiger partial charge is 0.326 e. The highest BCUT2D eigenvalue weighted by Crippen LogP contribution is 2.28. The standard InChI is InChI=1S/C24H26N16O4/c1-9-7-11(3-5-13(9)29-23(43)39-21-33-15(25)31-19(37-21)35-17(27)41)12-4-6-14(10(2)8-12)30-24(44)40-22-34-16(26)32-20(38-22)36-18(28)42/h3-8H,1-2H3,(H7,25,27,29,31,33,35,37,39,41,43)(H7,26,28,30,32,34,36,38,40,42,44). The first-order chi connectivity index (χ1) is 20.8. The molecule has 0 unspecified atom stereocenters. The van der Waals surface area contributed by atoms with Crippen LogP contribution in [0.5, 0.6) is 0 Å². The molecule has 0 aliphatic rings. The van der Waals surface area contributed by atoms with E-state index >= 15 is 0 Å². The van der Waals surface area contributed by atoms with E-state index < -0.39 is 24.1 Å². The van der Waals surface area contributed by atoms with Crippen LogP contribution < -0.4 is 54.8 Å². The van der Waals surface area contributed by atoms with E-state index in [2.05, 4.69) is 61.8 Å². The summed E-state index contributed by atoms with van der Waals surface area (Å²) in [6.45, 7) is 3.61. The zero-order chi connectivity index (χ0) is 32.0. The highest BCUT2D eigenvalue weighted by atomic mass is 16.2. The van der Waals surface area contributed by atoms with Crippen LogP contribution in [0, 0.1) is 13.8 Å². The highest BCUT2D eigenvalue weighted by Gasteiger charge is 2.13. The third kappa shape index (κ3) is 8.09. The number of primary amides is 2. The van der Waals surface area contributed by atoms with Crippen molar-refractivity contribution in [2.24, 2.45) is 11.5 Å². The fraction of sp³-hybridized carbons (Fsp3) is 0.0833. The van der Waals surface area contributed by atoms with Crippen LogP contribution >= 0.6 is 0 Å². The van der Waals surface area contributed by atoms with Crippen molar-refractivity contribution in [1.29, 1.82) is 0 Å². The van der Waals surface area contributed by atoms with Crippen molar-refractivity contribution in [1.82, 2.24) is 29.9 Å². The second-order valence-electron chi connectivity index (χ2n) is 8.88. The second-order valence-corrected chi connectivity index (χ2v) is 8.88. The molecular formula is C24H26N16O4. The third-order valence-electron chi connectivity index (χ3n) is 5.51. The first kappa shape index (κ1) is 30.1. The Morgan fingerprint density at radius 1 is 0.523 bits per heavy atom. The van der Waals surface area contributed by atoms with Crippen LogP contribution in [-0.2, 0) is 0 Å². The highest BCUT2D eigenvalue weighted by molar-refractivity contribution is 6.00. The molecule has 20 heteroatoms. The minimum Gasteiger partial charge on any atom is -0.368 e. The van der Waals surface area contributed by atoms with Crippen LogP contribution in [0.25, 0.3) is 11.1 Å². The fourth-order valence-electron chi connectivity index (χ4n) is 3.71. The van der Waals surface area contributed by atoms with Crippen molar-refractivity contribution in [3.8, 4) is 11.1 Å². The molecule has 226 valence electrons. The molecule has 0 radical (unpaired) electrons. The van der Waals surface area contributed by atoms with Crippen LogP contribution in [0.3, 0.4) is 0 Å². The second kappa shape index (κ2) is 12.8. The molecule has 0 aliphatic heterocycles. The number of nitrogens with two attached hydrogens (primary N) is 4. The molecule has 0 spiro atoms. The minimum absolute atomic E-state index is 0.201.